The van der Waals surface area contributed by atoms with Gasteiger partial charge in [0.1, 0.15) is 0 Å². The minimum Gasteiger partial charge on any atom is -0.360 e. The van der Waals surface area contributed by atoms with Crippen molar-refractivity contribution in [2.75, 3.05) is 5.32 Å². The molecule has 2 atom stereocenters. The molecule has 0 unspecified atom stereocenters. The van der Waals surface area contributed by atoms with Gasteiger partial charge in [-0.1, -0.05) is 48.9 Å². The summed E-state index contributed by atoms with van der Waals surface area (Å²) in [7, 11) is 0. The van der Waals surface area contributed by atoms with Crippen molar-refractivity contribution < 1.29 is 0 Å². The predicted octanol–water partition coefficient (Wildman–Crippen LogP) is 4.87. The van der Waals surface area contributed by atoms with Crippen LogP contribution < -0.4 is 10.6 Å². The third kappa shape index (κ3) is 4.69. The summed E-state index contributed by atoms with van der Waals surface area (Å²) >= 11 is 5.59. The lowest BCUT2D eigenvalue weighted by Crippen LogP contribution is -2.56. The van der Waals surface area contributed by atoms with Crippen LogP contribution in [0.4, 0.5) is 5.69 Å². The number of hydrogen-bond acceptors (Lipinski definition) is 2. The molecule has 0 spiro atoms. The molecule has 2 aliphatic heterocycles. The van der Waals surface area contributed by atoms with Crippen LogP contribution in [0.25, 0.3) is 0 Å². The first-order valence-corrected chi connectivity index (χ1v) is 10.5. The van der Waals surface area contributed by atoms with Crippen LogP contribution in [0.3, 0.4) is 0 Å². The average molecular weight is 380 g/mol. The molecule has 4 heteroatoms. The Labute approximate surface area is 168 Å². The molecule has 27 heavy (non-hydrogen) atoms. The van der Waals surface area contributed by atoms with Gasteiger partial charge in [-0.25, -0.2) is 0 Å². The van der Waals surface area contributed by atoms with Gasteiger partial charge in [0.2, 0.25) is 0 Å². The van der Waals surface area contributed by atoms with Crippen molar-refractivity contribution in [3.8, 4) is 0 Å². The van der Waals surface area contributed by atoms with Gasteiger partial charge in [-0.3, -0.25) is 4.90 Å². The normalized spacial score (nSPS) is 25.0. The smallest absolute Gasteiger partial charge is 0.170 e. The zero-order valence-electron chi connectivity index (χ0n) is 16.0. The number of nitrogens with zero attached hydrogens (tertiary/aromatic N) is 1. The standard InChI is InChI=1S/C23H29N3S/c1-17-7-5-10-19(13-17)24-23(27)25-20-14-21-11-6-12-22(15-20)26(21)16-18-8-3-2-4-9-18/h2-5,7-10,13,20-22H,6,11-12,14-16H2,1H3,(H2,24,25,27)/t21-,22-/m0/s1. The number of hydrogen-bond donors (Lipinski definition) is 2. The van der Waals surface area contributed by atoms with Gasteiger partial charge in [-0.2, -0.15) is 0 Å². The van der Waals surface area contributed by atoms with Gasteiger partial charge in [-0.05, 0) is 68.1 Å². The summed E-state index contributed by atoms with van der Waals surface area (Å²) < 4.78 is 0. The van der Waals surface area contributed by atoms with Crippen LogP contribution in [0.2, 0.25) is 0 Å². The van der Waals surface area contributed by atoms with Gasteiger partial charge in [0, 0.05) is 30.4 Å². The van der Waals surface area contributed by atoms with E-state index in [-0.39, 0.29) is 0 Å². The Hall–Kier alpha value is -1.91. The molecule has 2 heterocycles. The van der Waals surface area contributed by atoms with Crippen molar-refractivity contribution in [3.63, 3.8) is 0 Å². The van der Waals surface area contributed by atoms with Crippen LogP contribution in [0.5, 0.6) is 0 Å². The molecule has 3 nitrogen and oxygen atoms in total. The number of fused-ring (bicyclic) bond motifs is 2. The van der Waals surface area contributed by atoms with E-state index in [4.69, 9.17) is 12.2 Å². The molecular formula is C23H29N3S. The van der Waals surface area contributed by atoms with Crippen molar-refractivity contribution in [1.29, 1.82) is 0 Å². The summed E-state index contributed by atoms with van der Waals surface area (Å²) in [4.78, 5) is 2.74. The summed E-state index contributed by atoms with van der Waals surface area (Å²) in [5, 5.41) is 7.70. The first kappa shape index (κ1) is 18.5. The maximum Gasteiger partial charge on any atom is 0.170 e. The molecule has 2 aliphatic rings. The van der Waals surface area contributed by atoms with Gasteiger partial charge in [0.05, 0.1) is 0 Å². The third-order valence-electron chi connectivity index (χ3n) is 5.95. The summed E-state index contributed by atoms with van der Waals surface area (Å²) in [5.41, 5.74) is 3.73. The lowest BCUT2D eigenvalue weighted by molar-refractivity contribution is 0.0212. The molecule has 142 valence electrons. The van der Waals surface area contributed by atoms with E-state index in [0.29, 0.717) is 18.1 Å². The zero-order valence-corrected chi connectivity index (χ0v) is 16.8. The number of benzene rings is 2. The molecule has 0 amide bonds. The molecule has 2 aromatic rings. The van der Waals surface area contributed by atoms with Crippen LogP contribution in [0.1, 0.15) is 43.2 Å². The van der Waals surface area contributed by atoms with E-state index in [1.54, 1.807) is 0 Å². The Morgan fingerprint density at radius 1 is 1.04 bits per heavy atom. The fraction of sp³-hybridized carbons (Fsp3) is 0.435. The molecule has 4 rings (SSSR count). The molecule has 2 aromatic carbocycles. The SMILES string of the molecule is Cc1cccc(NC(=S)NC2C[C@@H]3CCC[C@@H](C2)N3Cc2ccccc2)c1. The largest absolute Gasteiger partial charge is 0.360 e. The molecule has 2 saturated heterocycles. The highest BCUT2D eigenvalue weighted by atomic mass is 32.1. The minimum absolute atomic E-state index is 0.470. The van der Waals surface area contributed by atoms with E-state index in [9.17, 15) is 0 Å². The van der Waals surface area contributed by atoms with Crippen LogP contribution in [0.15, 0.2) is 54.6 Å². The van der Waals surface area contributed by atoms with Gasteiger partial charge >= 0.3 is 0 Å². The molecular weight excluding hydrogens is 350 g/mol. The van der Waals surface area contributed by atoms with E-state index in [0.717, 1.165) is 17.3 Å². The third-order valence-corrected chi connectivity index (χ3v) is 6.16. The number of aryl methyl sites for hydroxylation is 1. The quantitative estimate of drug-likeness (QED) is 0.742. The Morgan fingerprint density at radius 2 is 1.78 bits per heavy atom. The fourth-order valence-corrected chi connectivity index (χ4v) is 5.01. The molecule has 2 N–H and O–H groups in total. The Kier molecular flexibility index (Phi) is 5.74. The van der Waals surface area contributed by atoms with E-state index in [2.05, 4.69) is 77.1 Å². The van der Waals surface area contributed by atoms with Gasteiger partial charge < -0.3 is 10.6 Å². The average Bonchev–Trinajstić information content (AvgIpc) is 2.63. The second-order valence-electron chi connectivity index (χ2n) is 8.03. The number of piperidine rings is 2. The summed E-state index contributed by atoms with van der Waals surface area (Å²) in [6, 6.07) is 21.1. The maximum absolute atomic E-state index is 5.59. The highest BCUT2D eigenvalue weighted by Gasteiger charge is 2.38. The zero-order chi connectivity index (χ0) is 18.6. The number of nitrogens with one attached hydrogen (secondary N) is 2. The second-order valence-corrected chi connectivity index (χ2v) is 8.44. The predicted molar refractivity (Wildman–Crippen MR) is 117 cm³/mol. The number of thiocarbonyl (C=S) groups is 1. The van der Waals surface area contributed by atoms with E-state index in [1.807, 2.05) is 0 Å². The minimum atomic E-state index is 0.470. The molecule has 2 fully saturated rings. The highest BCUT2D eigenvalue weighted by Crippen LogP contribution is 2.35. The van der Waals surface area contributed by atoms with Gasteiger partial charge in [0.25, 0.3) is 0 Å². The van der Waals surface area contributed by atoms with Crippen LogP contribution in [0, 0.1) is 6.92 Å². The van der Waals surface area contributed by atoms with Crippen LogP contribution in [-0.4, -0.2) is 28.1 Å². The van der Waals surface area contributed by atoms with Gasteiger partial charge in [0.15, 0.2) is 5.11 Å². The monoisotopic (exact) mass is 379 g/mol. The number of rotatable bonds is 4. The second kappa shape index (κ2) is 8.41. The Bertz CT molecular complexity index is 762. The highest BCUT2D eigenvalue weighted by molar-refractivity contribution is 7.80. The molecule has 0 radical (unpaired) electrons. The van der Waals surface area contributed by atoms with E-state index >= 15 is 0 Å². The number of anilines is 1. The lowest BCUT2D eigenvalue weighted by atomic mass is 9.81. The first-order valence-electron chi connectivity index (χ1n) is 10.1. The molecule has 0 saturated carbocycles. The Balaban J connectivity index is 1.36. The van der Waals surface area contributed by atoms with Crippen molar-refractivity contribution in [1.82, 2.24) is 10.2 Å². The summed E-state index contributed by atoms with van der Waals surface area (Å²) in [6.07, 6.45) is 6.33. The topological polar surface area (TPSA) is 27.3 Å². The lowest BCUT2D eigenvalue weighted by Gasteiger charge is -2.49. The maximum atomic E-state index is 5.59. The van der Waals surface area contributed by atoms with E-state index < -0.39 is 0 Å². The summed E-state index contributed by atoms with van der Waals surface area (Å²) in [6.45, 7) is 3.18. The van der Waals surface area contributed by atoms with Crippen molar-refractivity contribution in [3.05, 3.63) is 65.7 Å². The molecule has 0 aromatic heterocycles. The van der Waals surface area contributed by atoms with Crippen molar-refractivity contribution in [2.45, 2.75) is 63.7 Å². The fourth-order valence-electron chi connectivity index (χ4n) is 4.72. The Morgan fingerprint density at radius 3 is 2.48 bits per heavy atom. The van der Waals surface area contributed by atoms with Crippen LogP contribution in [-0.2, 0) is 6.54 Å². The van der Waals surface area contributed by atoms with Crippen molar-refractivity contribution in [2.24, 2.45) is 0 Å². The van der Waals surface area contributed by atoms with Gasteiger partial charge in [-0.15, -0.1) is 0 Å². The first-order chi connectivity index (χ1) is 13.2. The van der Waals surface area contributed by atoms with Crippen LogP contribution >= 0.6 is 12.2 Å². The van der Waals surface area contributed by atoms with E-state index in [1.165, 1.54) is 43.2 Å². The summed E-state index contributed by atoms with van der Waals surface area (Å²) in [5.74, 6) is 0. The molecule has 2 bridgehead atoms. The molecule has 0 aliphatic carbocycles. The van der Waals surface area contributed by atoms with Crippen molar-refractivity contribution >= 4 is 23.0 Å².